The van der Waals surface area contributed by atoms with Crippen LogP contribution in [0.5, 0.6) is 0 Å². The molecule has 0 radical (unpaired) electrons. The number of H-pyrrole nitrogens is 1. The summed E-state index contributed by atoms with van der Waals surface area (Å²) in [6.45, 7) is 4.96. The first-order valence-electron chi connectivity index (χ1n) is 7.23. The first-order valence-corrected chi connectivity index (χ1v) is 8.31. The van der Waals surface area contributed by atoms with Crippen molar-refractivity contribution in [2.45, 2.75) is 19.8 Å². The van der Waals surface area contributed by atoms with Crippen molar-refractivity contribution < 1.29 is 0 Å². The summed E-state index contributed by atoms with van der Waals surface area (Å²) < 4.78 is 1.22. The second-order valence-electron chi connectivity index (χ2n) is 5.99. The number of hydrogen-bond donors (Lipinski definition) is 2. The number of anilines is 1. The predicted octanol–water partition coefficient (Wildman–Crippen LogP) is 2.64. The summed E-state index contributed by atoms with van der Waals surface area (Å²) in [5.41, 5.74) is 7.19. The van der Waals surface area contributed by atoms with Crippen molar-refractivity contribution in [1.82, 2.24) is 15.2 Å². The number of halogens is 1. The van der Waals surface area contributed by atoms with Crippen molar-refractivity contribution in [2.24, 2.45) is 11.1 Å². The van der Waals surface area contributed by atoms with Crippen molar-refractivity contribution in [3.8, 4) is 11.4 Å². The largest absolute Gasteiger partial charge is 0.339 e. The molecule has 0 aliphatic carbocycles. The predicted molar refractivity (Wildman–Crippen MR) is 93.1 cm³/mol. The fraction of sp³-hybridized carbons (Fsp3) is 0.467. The lowest BCUT2D eigenvalue weighted by Gasteiger charge is -2.38. The summed E-state index contributed by atoms with van der Waals surface area (Å²) >= 11 is 2.30. The molecule has 0 spiro atoms. The van der Waals surface area contributed by atoms with Crippen LogP contribution in [-0.2, 0) is 0 Å². The summed E-state index contributed by atoms with van der Waals surface area (Å²) in [6, 6.07) is 8.28. The summed E-state index contributed by atoms with van der Waals surface area (Å²) in [5.74, 6) is 1.62. The second kappa shape index (κ2) is 5.92. The Bertz CT molecular complexity index is 599. The molecule has 0 saturated carbocycles. The topological polar surface area (TPSA) is 70.8 Å². The number of nitrogens with zero attached hydrogens (tertiary/aromatic N) is 3. The van der Waals surface area contributed by atoms with Gasteiger partial charge in [0.05, 0.1) is 0 Å². The highest BCUT2D eigenvalue weighted by molar-refractivity contribution is 14.1. The number of hydrogen-bond acceptors (Lipinski definition) is 4. The van der Waals surface area contributed by atoms with Gasteiger partial charge in [0.2, 0.25) is 5.95 Å². The highest BCUT2D eigenvalue weighted by Crippen LogP contribution is 2.31. The van der Waals surface area contributed by atoms with E-state index < -0.39 is 0 Å². The minimum atomic E-state index is 0.270. The number of piperidine rings is 1. The SMILES string of the molecule is CC1(CN)CCN(c2n[nH]c(-c3ccc(I)cc3)n2)CC1. The van der Waals surface area contributed by atoms with E-state index in [0.717, 1.165) is 49.8 Å². The number of nitrogens with one attached hydrogen (secondary N) is 1. The van der Waals surface area contributed by atoms with Gasteiger partial charge in [-0.3, -0.25) is 5.10 Å². The molecule has 1 aromatic heterocycles. The normalized spacial score (nSPS) is 18.0. The van der Waals surface area contributed by atoms with Gasteiger partial charge in [0, 0.05) is 22.2 Å². The van der Waals surface area contributed by atoms with E-state index in [1.807, 2.05) is 0 Å². The number of rotatable bonds is 3. The Hall–Kier alpha value is -1.15. The molecule has 5 nitrogen and oxygen atoms in total. The molecule has 3 rings (SSSR count). The van der Waals surface area contributed by atoms with Crippen LogP contribution in [0.3, 0.4) is 0 Å². The zero-order valence-corrected chi connectivity index (χ0v) is 14.3. The Labute approximate surface area is 138 Å². The average Bonchev–Trinajstić information content (AvgIpc) is 2.98. The molecule has 0 unspecified atom stereocenters. The standard InChI is InChI=1S/C15H20IN5/c1-15(10-17)6-8-21(9-7-15)14-18-13(19-20-14)11-2-4-12(16)5-3-11/h2-5H,6-10,17H2,1H3,(H,18,19,20). The van der Waals surface area contributed by atoms with E-state index in [4.69, 9.17) is 5.73 Å². The van der Waals surface area contributed by atoms with Crippen LogP contribution >= 0.6 is 22.6 Å². The first kappa shape index (κ1) is 14.8. The molecule has 1 saturated heterocycles. The van der Waals surface area contributed by atoms with Gasteiger partial charge >= 0.3 is 0 Å². The minimum absolute atomic E-state index is 0.270. The van der Waals surface area contributed by atoms with Crippen LogP contribution in [0.2, 0.25) is 0 Å². The summed E-state index contributed by atoms with van der Waals surface area (Å²) in [6.07, 6.45) is 2.19. The summed E-state index contributed by atoms with van der Waals surface area (Å²) in [4.78, 5) is 6.87. The molecule has 1 aliphatic heterocycles. The van der Waals surface area contributed by atoms with Crippen molar-refractivity contribution >= 4 is 28.5 Å². The highest BCUT2D eigenvalue weighted by atomic mass is 127. The van der Waals surface area contributed by atoms with E-state index in [9.17, 15) is 0 Å². The van der Waals surface area contributed by atoms with Gasteiger partial charge in [0.1, 0.15) is 0 Å². The third kappa shape index (κ3) is 3.21. The first-order chi connectivity index (χ1) is 10.1. The van der Waals surface area contributed by atoms with Crippen LogP contribution in [0.4, 0.5) is 5.95 Å². The van der Waals surface area contributed by atoms with Gasteiger partial charge in [-0.15, -0.1) is 5.10 Å². The molecule has 0 bridgehead atoms. The van der Waals surface area contributed by atoms with Crippen LogP contribution < -0.4 is 10.6 Å². The van der Waals surface area contributed by atoms with Crippen molar-refractivity contribution in [3.63, 3.8) is 0 Å². The summed E-state index contributed by atoms with van der Waals surface area (Å²) in [5, 5.41) is 7.41. The number of aromatic amines is 1. The van der Waals surface area contributed by atoms with Crippen molar-refractivity contribution in [2.75, 3.05) is 24.5 Å². The fourth-order valence-corrected chi connectivity index (χ4v) is 2.94. The molecule has 3 N–H and O–H groups in total. The number of nitrogens with two attached hydrogens (primary N) is 1. The zero-order valence-electron chi connectivity index (χ0n) is 12.1. The Morgan fingerprint density at radius 2 is 1.95 bits per heavy atom. The quantitative estimate of drug-likeness (QED) is 0.782. The average molecular weight is 397 g/mol. The zero-order chi connectivity index (χ0) is 14.9. The van der Waals surface area contributed by atoms with E-state index in [2.05, 4.69) is 73.9 Å². The van der Waals surface area contributed by atoms with E-state index in [-0.39, 0.29) is 5.41 Å². The molecule has 6 heteroatoms. The fourth-order valence-electron chi connectivity index (χ4n) is 2.58. The van der Waals surface area contributed by atoms with Gasteiger partial charge in [0.15, 0.2) is 5.82 Å². The minimum Gasteiger partial charge on any atom is -0.339 e. The van der Waals surface area contributed by atoms with Gasteiger partial charge < -0.3 is 10.6 Å². The molecule has 2 aromatic rings. The lowest BCUT2D eigenvalue weighted by Crippen LogP contribution is -2.42. The summed E-state index contributed by atoms with van der Waals surface area (Å²) in [7, 11) is 0. The molecule has 1 fully saturated rings. The molecule has 21 heavy (non-hydrogen) atoms. The van der Waals surface area contributed by atoms with E-state index >= 15 is 0 Å². The van der Waals surface area contributed by atoms with Gasteiger partial charge in [-0.25, -0.2) is 0 Å². The monoisotopic (exact) mass is 397 g/mol. The van der Waals surface area contributed by atoms with Crippen LogP contribution in [0.1, 0.15) is 19.8 Å². The number of aromatic nitrogens is 3. The molecule has 1 aromatic carbocycles. The second-order valence-corrected chi connectivity index (χ2v) is 7.24. The maximum absolute atomic E-state index is 5.86. The molecule has 112 valence electrons. The Morgan fingerprint density at radius 3 is 2.57 bits per heavy atom. The van der Waals surface area contributed by atoms with Gasteiger partial charge in [-0.05, 0) is 59.5 Å². The van der Waals surface area contributed by atoms with E-state index in [1.54, 1.807) is 0 Å². The Morgan fingerprint density at radius 1 is 1.29 bits per heavy atom. The third-order valence-corrected chi connectivity index (χ3v) is 5.06. The maximum atomic E-state index is 5.86. The van der Waals surface area contributed by atoms with Crippen molar-refractivity contribution in [3.05, 3.63) is 27.8 Å². The lowest BCUT2D eigenvalue weighted by atomic mass is 9.81. The van der Waals surface area contributed by atoms with Crippen LogP contribution in [0, 0.1) is 8.99 Å². The van der Waals surface area contributed by atoms with Crippen LogP contribution in [-0.4, -0.2) is 34.8 Å². The molecule has 0 amide bonds. The lowest BCUT2D eigenvalue weighted by molar-refractivity contribution is 0.257. The number of benzene rings is 1. The van der Waals surface area contributed by atoms with E-state index in [1.165, 1.54) is 3.57 Å². The van der Waals surface area contributed by atoms with Gasteiger partial charge in [-0.1, -0.05) is 19.1 Å². The molecule has 0 atom stereocenters. The van der Waals surface area contributed by atoms with Gasteiger partial charge in [-0.2, -0.15) is 4.98 Å². The molecule has 2 heterocycles. The van der Waals surface area contributed by atoms with Gasteiger partial charge in [0.25, 0.3) is 0 Å². The molecule has 1 aliphatic rings. The molecular weight excluding hydrogens is 377 g/mol. The smallest absolute Gasteiger partial charge is 0.245 e. The van der Waals surface area contributed by atoms with Crippen LogP contribution in [0.15, 0.2) is 24.3 Å². The highest BCUT2D eigenvalue weighted by Gasteiger charge is 2.30. The Balaban J connectivity index is 1.72. The van der Waals surface area contributed by atoms with E-state index in [0.29, 0.717) is 0 Å². The maximum Gasteiger partial charge on any atom is 0.245 e. The third-order valence-electron chi connectivity index (χ3n) is 4.34. The Kier molecular flexibility index (Phi) is 4.17. The molecular formula is C15H20IN5. The van der Waals surface area contributed by atoms with Crippen molar-refractivity contribution in [1.29, 1.82) is 0 Å². The van der Waals surface area contributed by atoms with Crippen LogP contribution in [0.25, 0.3) is 11.4 Å².